The zero-order valence-electron chi connectivity index (χ0n) is 14.2. The van der Waals surface area contributed by atoms with E-state index in [1.165, 1.54) is 30.3 Å². The van der Waals surface area contributed by atoms with E-state index in [4.69, 9.17) is 0 Å². The molecule has 0 unspecified atom stereocenters. The molecule has 3 aromatic rings. The van der Waals surface area contributed by atoms with Gasteiger partial charge in [-0.1, -0.05) is 29.8 Å². The first-order chi connectivity index (χ1) is 12.8. The lowest BCUT2D eigenvalue weighted by molar-refractivity contribution is 0.102. The van der Waals surface area contributed by atoms with Crippen LogP contribution in [0, 0.1) is 12.7 Å². The van der Waals surface area contributed by atoms with E-state index >= 15 is 0 Å². The highest BCUT2D eigenvalue weighted by atomic mass is 32.2. The minimum atomic E-state index is -3.84. The fraction of sp³-hybridized carbons (Fsp3) is 0.0556. The van der Waals surface area contributed by atoms with Gasteiger partial charge in [-0.2, -0.15) is 0 Å². The smallest absolute Gasteiger partial charge is 0.264 e. The maximum Gasteiger partial charge on any atom is 0.264 e. The highest BCUT2D eigenvalue weighted by Crippen LogP contribution is 2.15. The number of rotatable bonds is 5. The lowest BCUT2D eigenvalue weighted by Gasteiger charge is -2.08. The Hall–Kier alpha value is -3.33. The average Bonchev–Trinajstić information content (AvgIpc) is 2.64. The fourth-order valence-corrected chi connectivity index (χ4v) is 3.11. The molecule has 0 bridgehead atoms. The molecule has 2 aromatic carbocycles. The van der Waals surface area contributed by atoms with E-state index < -0.39 is 21.7 Å². The number of hydrogen-bond acceptors (Lipinski definition) is 5. The Balaban J connectivity index is 1.72. The number of anilines is 2. The van der Waals surface area contributed by atoms with Crippen LogP contribution in [0.4, 0.5) is 16.0 Å². The van der Waals surface area contributed by atoms with Crippen LogP contribution in [0.15, 0.2) is 65.8 Å². The van der Waals surface area contributed by atoms with Crippen molar-refractivity contribution in [3.8, 4) is 0 Å². The molecular formula is C18H15FN4O3S. The molecule has 27 heavy (non-hydrogen) atoms. The molecule has 7 nitrogen and oxygen atoms in total. The Morgan fingerprint density at radius 3 is 2.26 bits per heavy atom. The van der Waals surface area contributed by atoms with E-state index in [9.17, 15) is 17.6 Å². The molecule has 0 fully saturated rings. The molecule has 138 valence electrons. The fourth-order valence-electron chi connectivity index (χ4n) is 2.15. The van der Waals surface area contributed by atoms with Crippen molar-refractivity contribution in [1.82, 2.24) is 9.97 Å². The summed E-state index contributed by atoms with van der Waals surface area (Å²) in [5.74, 6) is -1.37. The lowest BCUT2D eigenvalue weighted by atomic mass is 10.2. The van der Waals surface area contributed by atoms with E-state index in [-0.39, 0.29) is 22.1 Å². The van der Waals surface area contributed by atoms with Gasteiger partial charge < -0.3 is 5.32 Å². The molecule has 1 heterocycles. The number of para-hydroxylation sites is 1. The summed E-state index contributed by atoms with van der Waals surface area (Å²) in [7, 11) is -3.84. The van der Waals surface area contributed by atoms with Crippen LogP contribution in [0.3, 0.4) is 0 Å². The van der Waals surface area contributed by atoms with Gasteiger partial charge in [0.1, 0.15) is 5.82 Å². The van der Waals surface area contributed by atoms with Crippen LogP contribution in [0.1, 0.15) is 15.9 Å². The summed E-state index contributed by atoms with van der Waals surface area (Å²) in [6, 6.07) is 12.0. The highest BCUT2D eigenvalue weighted by Gasteiger charge is 2.16. The van der Waals surface area contributed by atoms with E-state index in [1.54, 1.807) is 18.2 Å². The number of sulfonamides is 1. The van der Waals surface area contributed by atoms with Gasteiger partial charge >= 0.3 is 0 Å². The third-order valence-corrected chi connectivity index (χ3v) is 4.94. The molecule has 1 amide bonds. The number of hydrogen-bond donors (Lipinski definition) is 2. The third-order valence-electron chi connectivity index (χ3n) is 3.59. The summed E-state index contributed by atoms with van der Waals surface area (Å²) in [5, 5.41) is 2.39. The summed E-state index contributed by atoms with van der Waals surface area (Å²) < 4.78 is 40.4. The van der Waals surface area contributed by atoms with E-state index in [0.29, 0.717) is 0 Å². The van der Waals surface area contributed by atoms with Crippen molar-refractivity contribution in [1.29, 1.82) is 0 Å². The van der Waals surface area contributed by atoms with Gasteiger partial charge in [-0.15, -0.1) is 0 Å². The van der Waals surface area contributed by atoms with Crippen molar-refractivity contribution in [2.24, 2.45) is 0 Å². The summed E-state index contributed by atoms with van der Waals surface area (Å²) in [6.45, 7) is 1.85. The topological polar surface area (TPSA) is 101 Å². The third kappa shape index (κ3) is 4.45. The van der Waals surface area contributed by atoms with E-state index in [0.717, 1.165) is 18.0 Å². The predicted molar refractivity (Wildman–Crippen MR) is 98.4 cm³/mol. The predicted octanol–water partition coefficient (Wildman–Crippen LogP) is 2.98. The van der Waals surface area contributed by atoms with Gasteiger partial charge in [0, 0.05) is 12.4 Å². The number of carbonyl (C=O) groups excluding carboxylic acids is 1. The zero-order chi connectivity index (χ0) is 19.4. The Morgan fingerprint density at radius 2 is 1.63 bits per heavy atom. The van der Waals surface area contributed by atoms with E-state index in [2.05, 4.69) is 20.0 Å². The summed E-state index contributed by atoms with van der Waals surface area (Å²) in [5.41, 5.74) is 0.999. The maximum atomic E-state index is 13.6. The number of benzene rings is 2. The lowest BCUT2D eigenvalue weighted by Crippen LogP contribution is -2.17. The molecule has 3 rings (SSSR count). The van der Waals surface area contributed by atoms with Crippen molar-refractivity contribution in [2.75, 3.05) is 10.0 Å². The van der Waals surface area contributed by atoms with Crippen molar-refractivity contribution in [3.63, 3.8) is 0 Å². The standard InChI is InChI=1S/C18H15FN4O3S/c1-12-6-8-14(9-7-12)27(25,26)23-18-20-10-13(11-21-18)17(24)22-16-5-3-2-4-15(16)19/h2-11H,1H3,(H,22,24)(H,20,21,23). The highest BCUT2D eigenvalue weighted by molar-refractivity contribution is 7.92. The Labute approximate surface area is 155 Å². The SMILES string of the molecule is Cc1ccc(S(=O)(=O)Nc2ncc(C(=O)Nc3ccccc3F)cn2)cc1. The minimum absolute atomic E-state index is 0.0200. The largest absolute Gasteiger partial charge is 0.319 e. The number of carbonyl (C=O) groups is 1. The van der Waals surface area contributed by atoms with Gasteiger partial charge in [-0.25, -0.2) is 27.5 Å². The van der Waals surface area contributed by atoms with Crippen LogP contribution in [-0.2, 0) is 10.0 Å². The van der Waals surface area contributed by atoms with Crippen molar-refractivity contribution >= 4 is 27.6 Å². The summed E-state index contributed by atoms with van der Waals surface area (Å²) in [4.78, 5) is 19.9. The van der Waals surface area contributed by atoms with Gasteiger partial charge in [-0.05, 0) is 31.2 Å². The summed E-state index contributed by atoms with van der Waals surface area (Å²) in [6.07, 6.45) is 2.30. The number of nitrogens with zero attached hydrogens (tertiary/aromatic N) is 2. The van der Waals surface area contributed by atoms with Crippen molar-refractivity contribution < 1.29 is 17.6 Å². The Kier molecular flexibility index (Phi) is 5.13. The monoisotopic (exact) mass is 386 g/mol. The normalized spacial score (nSPS) is 11.0. The maximum absolute atomic E-state index is 13.6. The first-order valence-corrected chi connectivity index (χ1v) is 9.31. The first kappa shape index (κ1) is 18.5. The van der Waals surface area contributed by atoms with Gasteiger partial charge in [0.15, 0.2) is 0 Å². The zero-order valence-corrected chi connectivity index (χ0v) is 15.0. The van der Waals surface area contributed by atoms with Gasteiger partial charge in [-0.3, -0.25) is 4.79 Å². The van der Waals surface area contributed by atoms with Crippen LogP contribution in [0.5, 0.6) is 0 Å². The molecule has 0 saturated carbocycles. The summed E-state index contributed by atoms with van der Waals surface area (Å²) >= 11 is 0. The van der Waals surface area contributed by atoms with Gasteiger partial charge in [0.05, 0.1) is 16.1 Å². The molecule has 1 aromatic heterocycles. The van der Waals surface area contributed by atoms with Crippen molar-refractivity contribution in [2.45, 2.75) is 11.8 Å². The number of aryl methyl sites for hydroxylation is 1. The number of amides is 1. The molecule has 0 spiro atoms. The van der Waals surface area contributed by atoms with Gasteiger partial charge in [0.2, 0.25) is 5.95 Å². The van der Waals surface area contributed by atoms with E-state index in [1.807, 2.05) is 6.92 Å². The van der Waals surface area contributed by atoms with Crippen molar-refractivity contribution in [3.05, 3.63) is 77.9 Å². The molecule has 0 aliphatic carbocycles. The molecule has 0 aliphatic rings. The van der Waals surface area contributed by atoms with Crippen LogP contribution in [0.25, 0.3) is 0 Å². The molecule has 2 N–H and O–H groups in total. The Bertz CT molecular complexity index is 1070. The number of halogens is 1. The molecular weight excluding hydrogens is 371 g/mol. The molecule has 0 saturated heterocycles. The van der Waals surface area contributed by atoms with Gasteiger partial charge in [0.25, 0.3) is 15.9 Å². The second kappa shape index (κ2) is 7.50. The van der Waals surface area contributed by atoms with Crippen LogP contribution in [-0.4, -0.2) is 24.3 Å². The second-order valence-corrected chi connectivity index (χ2v) is 7.33. The number of aromatic nitrogens is 2. The number of nitrogens with one attached hydrogen (secondary N) is 2. The quantitative estimate of drug-likeness (QED) is 0.702. The molecule has 0 atom stereocenters. The Morgan fingerprint density at radius 1 is 1.00 bits per heavy atom. The average molecular weight is 386 g/mol. The molecule has 0 aliphatic heterocycles. The molecule has 9 heteroatoms. The van der Waals surface area contributed by atoms with Crippen LogP contribution < -0.4 is 10.0 Å². The van der Waals surface area contributed by atoms with Crippen LogP contribution in [0.2, 0.25) is 0 Å². The first-order valence-electron chi connectivity index (χ1n) is 7.82. The van der Waals surface area contributed by atoms with Crippen LogP contribution >= 0.6 is 0 Å². The second-order valence-electron chi connectivity index (χ2n) is 5.65. The minimum Gasteiger partial charge on any atom is -0.319 e. The molecule has 0 radical (unpaired) electrons.